The van der Waals surface area contributed by atoms with E-state index in [1.54, 1.807) is 4.31 Å². The molecule has 3 rings (SSSR count). The molecule has 0 aromatic rings. The number of nitrogens with one attached hydrogen (secondary N) is 2. The molecule has 1 heterocycles. The molecule has 0 bridgehead atoms. The Balaban J connectivity index is 1.56. The maximum absolute atomic E-state index is 13.3. The molecular formula is C18H28F3N3O3S. The van der Waals surface area contributed by atoms with Gasteiger partial charge in [0.2, 0.25) is 0 Å². The lowest BCUT2D eigenvalue weighted by atomic mass is 9.96. The van der Waals surface area contributed by atoms with Crippen molar-refractivity contribution in [3.63, 3.8) is 0 Å². The van der Waals surface area contributed by atoms with Crippen LogP contribution in [0.3, 0.4) is 0 Å². The third-order valence-corrected chi connectivity index (χ3v) is 7.25. The summed E-state index contributed by atoms with van der Waals surface area (Å²) < 4.78 is 54.3. The molecule has 1 saturated carbocycles. The molecule has 0 radical (unpaired) electrons. The van der Waals surface area contributed by atoms with Crippen molar-refractivity contribution >= 4 is 17.4 Å². The number of urea groups is 1. The van der Waals surface area contributed by atoms with Gasteiger partial charge in [0.05, 0.1) is 6.10 Å². The van der Waals surface area contributed by atoms with Gasteiger partial charge in [-0.3, -0.25) is 4.84 Å². The summed E-state index contributed by atoms with van der Waals surface area (Å²) in [6.45, 7) is 1.26. The average molecular weight is 424 g/mol. The van der Waals surface area contributed by atoms with Gasteiger partial charge in [0.15, 0.2) is 5.25 Å². The summed E-state index contributed by atoms with van der Waals surface area (Å²) in [6, 6.07) is -0.461. The Hall–Kier alpha value is -0.970. The molecule has 3 atom stereocenters. The highest BCUT2D eigenvalue weighted by Crippen LogP contribution is 2.37. The SMILES string of the molecule is O=C(NOC1CC(C(F)(F)F)=CC([S+]([O-])N2CCCC2)C1)NC1CCCCC1. The molecule has 2 N–H and O–H groups in total. The highest BCUT2D eigenvalue weighted by atomic mass is 32.2. The number of alkyl halides is 3. The first kappa shape index (κ1) is 21.7. The topological polar surface area (TPSA) is 76.7 Å². The lowest BCUT2D eigenvalue weighted by Gasteiger charge is -2.32. The molecule has 28 heavy (non-hydrogen) atoms. The quantitative estimate of drug-likeness (QED) is 0.404. The summed E-state index contributed by atoms with van der Waals surface area (Å²) in [4.78, 5) is 17.3. The van der Waals surface area contributed by atoms with Crippen molar-refractivity contribution in [3.8, 4) is 0 Å². The van der Waals surface area contributed by atoms with Gasteiger partial charge in [-0.2, -0.15) is 13.2 Å². The Morgan fingerprint density at radius 3 is 2.50 bits per heavy atom. The fourth-order valence-electron chi connectivity index (χ4n) is 4.05. The van der Waals surface area contributed by atoms with E-state index in [0.717, 1.165) is 51.0 Å². The predicted octanol–water partition coefficient (Wildman–Crippen LogP) is 3.33. The summed E-state index contributed by atoms with van der Waals surface area (Å²) in [5.41, 5.74) is 1.50. The van der Waals surface area contributed by atoms with E-state index < -0.39 is 40.5 Å². The van der Waals surface area contributed by atoms with Crippen LogP contribution in [-0.4, -0.2) is 51.6 Å². The molecule has 0 aromatic heterocycles. The first-order valence-corrected chi connectivity index (χ1v) is 11.2. The lowest BCUT2D eigenvalue weighted by molar-refractivity contribution is -0.104. The van der Waals surface area contributed by atoms with Crippen LogP contribution in [0.4, 0.5) is 18.0 Å². The van der Waals surface area contributed by atoms with Gasteiger partial charge < -0.3 is 9.87 Å². The van der Waals surface area contributed by atoms with Gasteiger partial charge in [0, 0.05) is 48.9 Å². The number of carbonyl (C=O) groups is 1. The zero-order valence-electron chi connectivity index (χ0n) is 15.8. The van der Waals surface area contributed by atoms with Crippen molar-refractivity contribution < 1.29 is 27.4 Å². The van der Waals surface area contributed by atoms with Gasteiger partial charge in [-0.1, -0.05) is 19.3 Å². The minimum Gasteiger partial charge on any atom is -0.597 e. The number of nitrogens with zero attached hydrogens (tertiary/aromatic N) is 1. The van der Waals surface area contributed by atoms with Gasteiger partial charge in [-0.05, 0) is 31.8 Å². The minimum absolute atomic E-state index is 0.0738. The molecule has 10 heteroatoms. The van der Waals surface area contributed by atoms with Gasteiger partial charge in [0.25, 0.3) is 0 Å². The maximum atomic E-state index is 13.3. The van der Waals surface area contributed by atoms with E-state index in [2.05, 4.69) is 10.8 Å². The second-order valence-corrected chi connectivity index (χ2v) is 9.40. The first-order chi connectivity index (χ1) is 13.3. The largest absolute Gasteiger partial charge is 0.597 e. The molecule has 6 nitrogen and oxygen atoms in total. The Kier molecular flexibility index (Phi) is 7.52. The van der Waals surface area contributed by atoms with E-state index in [4.69, 9.17) is 4.84 Å². The molecule has 0 spiro atoms. The van der Waals surface area contributed by atoms with Crippen LogP contribution in [0, 0.1) is 0 Å². The van der Waals surface area contributed by atoms with Gasteiger partial charge >= 0.3 is 12.2 Å². The van der Waals surface area contributed by atoms with Crippen LogP contribution in [0.15, 0.2) is 11.6 Å². The van der Waals surface area contributed by atoms with Crippen molar-refractivity contribution in [2.75, 3.05) is 13.1 Å². The highest BCUT2D eigenvalue weighted by molar-refractivity contribution is 7.89. The van der Waals surface area contributed by atoms with E-state index in [-0.39, 0.29) is 18.9 Å². The summed E-state index contributed by atoms with van der Waals surface area (Å²) in [5, 5.41) is 2.03. The summed E-state index contributed by atoms with van der Waals surface area (Å²) in [5.74, 6) is 0. The van der Waals surface area contributed by atoms with E-state index >= 15 is 0 Å². The third-order valence-electron chi connectivity index (χ3n) is 5.53. The number of carbonyl (C=O) groups excluding carboxylic acids is 1. The van der Waals surface area contributed by atoms with E-state index in [1.807, 2.05) is 0 Å². The molecule has 3 unspecified atom stereocenters. The number of rotatable bonds is 5. The van der Waals surface area contributed by atoms with Crippen molar-refractivity contribution in [2.45, 2.75) is 81.4 Å². The van der Waals surface area contributed by atoms with Crippen molar-refractivity contribution in [2.24, 2.45) is 0 Å². The number of hydrogen-bond acceptors (Lipinski definition) is 4. The molecule has 0 aromatic carbocycles. The van der Waals surface area contributed by atoms with Crippen LogP contribution in [-0.2, 0) is 16.2 Å². The fraction of sp³-hybridized carbons (Fsp3) is 0.833. The first-order valence-electron chi connectivity index (χ1n) is 9.98. The zero-order valence-corrected chi connectivity index (χ0v) is 16.6. The van der Waals surface area contributed by atoms with E-state index in [9.17, 15) is 22.5 Å². The standard InChI is InChI=1S/C18H28F3N3O3S/c19-18(20,21)13-10-15(12-16(11-13)28(26)24-8-4-5-9-24)27-23-17(25)22-14-6-2-1-3-7-14/h11,14-16H,1-10,12H2,(H2,22,23,25). The minimum atomic E-state index is -4.50. The Morgan fingerprint density at radius 2 is 1.86 bits per heavy atom. The average Bonchev–Trinajstić information content (AvgIpc) is 3.20. The Morgan fingerprint density at radius 1 is 1.18 bits per heavy atom. The van der Waals surface area contributed by atoms with Crippen LogP contribution < -0.4 is 10.8 Å². The van der Waals surface area contributed by atoms with Crippen molar-refractivity contribution in [1.82, 2.24) is 15.1 Å². The Bertz CT molecular complexity index is 564. The smallest absolute Gasteiger partial charge is 0.412 e. The monoisotopic (exact) mass is 423 g/mol. The molecule has 1 saturated heterocycles. The molecule has 160 valence electrons. The summed E-state index contributed by atoms with van der Waals surface area (Å²) >= 11 is -1.53. The molecular weight excluding hydrogens is 395 g/mol. The fourth-order valence-corrected chi connectivity index (χ4v) is 5.71. The zero-order chi connectivity index (χ0) is 20.1. The van der Waals surface area contributed by atoms with Gasteiger partial charge in [-0.25, -0.2) is 10.3 Å². The highest BCUT2D eigenvalue weighted by Gasteiger charge is 2.43. The predicted molar refractivity (Wildman–Crippen MR) is 99.5 cm³/mol. The number of hydrogen-bond donors (Lipinski definition) is 2. The molecule has 1 aliphatic heterocycles. The normalized spacial score (nSPS) is 28.6. The molecule has 2 aliphatic carbocycles. The second-order valence-electron chi connectivity index (χ2n) is 7.73. The van der Waals surface area contributed by atoms with Crippen LogP contribution >= 0.6 is 0 Å². The number of amides is 2. The molecule has 2 amide bonds. The van der Waals surface area contributed by atoms with Gasteiger partial charge in [0.1, 0.15) is 0 Å². The summed E-state index contributed by atoms with van der Waals surface area (Å²) in [7, 11) is 0. The molecule has 3 aliphatic rings. The van der Waals surface area contributed by atoms with Crippen molar-refractivity contribution in [1.29, 1.82) is 0 Å². The second kappa shape index (κ2) is 9.69. The van der Waals surface area contributed by atoms with E-state index in [0.29, 0.717) is 13.1 Å². The van der Waals surface area contributed by atoms with Crippen LogP contribution in [0.2, 0.25) is 0 Å². The third kappa shape index (κ3) is 6.01. The lowest BCUT2D eigenvalue weighted by Crippen LogP contribution is -2.46. The molecule has 2 fully saturated rings. The summed E-state index contributed by atoms with van der Waals surface area (Å²) in [6.07, 6.45) is 2.38. The number of hydroxylamine groups is 1. The van der Waals surface area contributed by atoms with Crippen LogP contribution in [0.1, 0.15) is 57.8 Å². The maximum Gasteiger partial charge on any atom is 0.412 e. The van der Waals surface area contributed by atoms with Crippen LogP contribution in [0.5, 0.6) is 0 Å². The number of halogens is 3. The van der Waals surface area contributed by atoms with Gasteiger partial charge in [-0.15, -0.1) is 4.31 Å². The van der Waals surface area contributed by atoms with E-state index in [1.165, 1.54) is 0 Å². The van der Waals surface area contributed by atoms with Crippen LogP contribution in [0.25, 0.3) is 0 Å². The van der Waals surface area contributed by atoms with Crippen molar-refractivity contribution in [3.05, 3.63) is 11.6 Å². The Labute approximate surface area is 166 Å².